The lowest BCUT2D eigenvalue weighted by atomic mass is 9.86. The maximum atomic E-state index is 11.1. The van der Waals surface area contributed by atoms with Crippen LogP contribution in [0.1, 0.15) is 32.6 Å². The molecule has 2 atom stereocenters. The molecule has 4 nitrogen and oxygen atoms in total. The normalized spacial score (nSPS) is 25.6. The van der Waals surface area contributed by atoms with Gasteiger partial charge in [0, 0.05) is 31.9 Å². The molecule has 18 heavy (non-hydrogen) atoms. The third-order valence-corrected chi connectivity index (χ3v) is 4.78. The summed E-state index contributed by atoms with van der Waals surface area (Å²) < 4.78 is 22.1. The Hall–Kier alpha value is -0.130. The highest BCUT2D eigenvalue weighted by Crippen LogP contribution is 2.23. The molecule has 0 bridgehead atoms. The van der Waals surface area contributed by atoms with Crippen LogP contribution in [0.3, 0.4) is 0 Å². The minimum Gasteiger partial charge on any atom is -0.312 e. The van der Waals surface area contributed by atoms with Gasteiger partial charge >= 0.3 is 0 Å². The molecule has 0 aromatic heterocycles. The Morgan fingerprint density at radius 2 is 1.89 bits per heavy atom. The van der Waals surface area contributed by atoms with Crippen molar-refractivity contribution in [3.05, 3.63) is 0 Å². The number of likely N-dealkylation sites (N-methyl/N-ethyl adjacent to an activating group) is 1. The van der Waals surface area contributed by atoms with Gasteiger partial charge in [0.2, 0.25) is 0 Å². The number of hydrogen-bond donors (Lipinski definition) is 1. The predicted molar refractivity (Wildman–Crippen MR) is 76.6 cm³/mol. The molecule has 0 heterocycles. The highest BCUT2D eigenvalue weighted by Gasteiger charge is 2.20. The van der Waals surface area contributed by atoms with E-state index in [4.69, 9.17) is 0 Å². The van der Waals surface area contributed by atoms with Gasteiger partial charge in [0.25, 0.3) is 0 Å². The first-order valence-corrected chi connectivity index (χ1v) is 9.04. The second-order valence-corrected chi connectivity index (χ2v) is 8.02. The third-order valence-electron chi connectivity index (χ3n) is 3.86. The summed E-state index contributed by atoms with van der Waals surface area (Å²) in [5, 5.41) is 3.61. The maximum Gasteiger partial charge on any atom is 0.148 e. The van der Waals surface area contributed by atoms with Crippen LogP contribution in [0.2, 0.25) is 0 Å². The lowest BCUT2D eigenvalue weighted by molar-refractivity contribution is 0.264. The quantitative estimate of drug-likeness (QED) is 0.757. The van der Waals surface area contributed by atoms with Gasteiger partial charge in [-0.05, 0) is 25.8 Å². The van der Waals surface area contributed by atoms with Gasteiger partial charge < -0.3 is 10.2 Å². The molecule has 2 unspecified atom stereocenters. The zero-order valence-corrected chi connectivity index (χ0v) is 12.8. The molecule has 1 N–H and O–H groups in total. The first-order chi connectivity index (χ1) is 8.38. The van der Waals surface area contributed by atoms with E-state index in [2.05, 4.69) is 17.1 Å². The first kappa shape index (κ1) is 15.9. The van der Waals surface area contributed by atoms with Crippen LogP contribution in [0, 0.1) is 5.92 Å². The van der Waals surface area contributed by atoms with Crippen molar-refractivity contribution < 1.29 is 8.42 Å². The highest BCUT2D eigenvalue weighted by atomic mass is 32.2. The monoisotopic (exact) mass is 276 g/mol. The van der Waals surface area contributed by atoms with Crippen LogP contribution in [0.25, 0.3) is 0 Å². The van der Waals surface area contributed by atoms with Gasteiger partial charge in [-0.25, -0.2) is 8.42 Å². The van der Waals surface area contributed by atoms with Crippen molar-refractivity contribution in [2.45, 2.75) is 38.6 Å². The molecule has 0 aromatic carbocycles. The van der Waals surface area contributed by atoms with Crippen LogP contribution < -0.4 is 5.32 Å². The third kappa shape index (κ3) is 6.71. The van der Waals surface area contributed by atoms with Crippen LogP contribution >= 0.6 is 0 Å². The second-order valence-electron chi connectivity index (χ2n) is 5.76. The van der Waals surface area contributed by atoms with E-state index in [0.717, 1.165) is 19.0 Å². The predicted octanol–water partition coefficient (Wildman–Crippen LogP) is 1.13. The molecule has 0 aromatic rings. The zero-order valence-electron chi connectivity index (χ0n) is 12.0. The van der Waals surface area contributed by atoms with Crippen molar-refractivity contribution in [3.8, 4) is 0 Å². The Kier molecular flexibility index (Phi) is 6.60. The van der Waals surface area contributed by atoms with Gasteiger partial charge in [0.05, 0.1) is 5.75 Å². The standard InChI is InChI=1S/C13H28N2O2S/c1-12-6-4-5-7-13(12)14-8-9-15(2)10-11-18(3,16)17/h12-14H,4-11H2,1-3H3. The summed E-state index contributed by atoms with van der Waals surface area (Å²) in [4.78, 5) is 2.08. The Morgan fingerprint density at radius 3 is 2.50 bits per heavy atom. The van der Waals surface area contributed by atoms with Crippen molar-refractivity contribution in [1.82, 2.24) is 10.2 Å². The second kappa shape index (κ2) is 7.46. The summed E-state index contributed by atoms with van der Waals surface area (Å²) in [5.41, 5.74) is 0. The number of nitrogens with zero attached hydrogens (tertiary/aromatic N) is 1. The smallest absolute Gasteiger partial charge is 0.148 e. The molecule has 108 valence electrons. The van der Waals surface area contributed by atoms with Crippen LogP contribution in [0.5, 0.6) is 0 Å². The number of nitrogens with one attached hydrogen (secondary N) is 1. The number of sulfone groups is 1. The van der Waals surface area contributed by atoms with Gasteiger partial charge in [-0.2, -0.15) is 0 Å². The molecule has 1 rings (SSSR count). The van der Waals surface area contributed by atoms with E-state index in [1.54, 1.807) is 0 Å². The highest BCUT2D eigenvalue weighted by molar-refractivity contribution is 7.90. The lowest BCUT2D eigenvalue weighted by Gasteiger charge is -2.30. The minimum absolute atomic E-state index is 0.253. The van der Waals surface area contributed by atoms with Gasteiger partial charge in [-0.15, -0.1) is 0 Å². The molecule has 0 amide bonds. The van der Waals surface area contributed by atoms with E-state index in [1.165, 1.54) is 31.9 Å². The summed E-state index contributed by atoms with van der Waals surface area (Å²) in [6.07, 6.45) is 6.62. The fourth-order valence-corrected chi connectivity index (χ4v) is 3.14. The average Bonchev–Trinajstić information content (AvgIpc) is 2.28. The summed E-state index contributed by atoms with van der Waals surface area (Å²) in [7, 11) is -0.852. The molecule has 1 fully saturated rings. The number of hydrogen-bond acceptors (Lipinski definition) is 4. The first-order valence-electron chi connectivity index (χ1n) is 6.98. The van der Waals surface area contributed by atoms with E-state index in [9.17, 15) is 8.42 Å². The number of rotatable bonds is 7. The summed E-state index contributed by atoms with van der Waals surface area (Å²) in [6, 6.07) is 0.655. The Bertz CT molecular complexity index is 330. The van der Waals surface area contributed by atoms with E-state index in [-0.39, 0.29) is 5.75 Å². The van der Waals surface area contributed by atoms with Crippen LogP contribution in [0.15, 0.2) is 0 Å². The zero-order chi connectivity index (χ0) is 13.6. The summed E-state index contributed by atoms with van der Waals surface area (Å²) in [6.45, 7) is 4.82. The molecular formula is C13H28N2O2S. The molecule has 5 heteroatoms. The molecule has 0 aliphatic heterocycles. The molecule has 1 aliphatic carbocycles. The molecule has 0 radical (unpaired) electrons. The molecule has 1 aliphatic rings. The summed E-state index contributed by atoms with van der Waals surface area (Å²) in [5.74, 6) is 1.03. The van der Waals surface area contributed by atoms with Crippen molar-refractivity contribution in [2.75, 3.05) is 38.7 Å². The van der Waals surface area contributed by atoms with Gasteiger partial charge in [-0.3, -0.25) is 0 Å². The van der Waals surface area contributed by atoms with Crippen molar-refractivity contribution in [1.29, 1.82) is 0 Å². The largest absolute Gasteiger partial charge is 0.312 e. The fourth-order valence-electron chi connectivity index (χ4n) is 2.49. The van der Waals surface area contributed by atoms with Crippen LogP contribution in [-0.4, -0.2) is 58.1 Å². The molecule has 0 spiro atoms. The molecule has 0 saturated heterocycles. The molecular weight excluding hydrogens is 248 g/mol. The Labute approximate surface area is 112 Å². The van der Waals surface area contributed by atoms with E-state index >= 15 is 0 Å². The maximum absolute atomic E-state index is 11.1. The SMILES string of the molecule is CC1CCCCC1NCCN(C)CCS(C)(=O)=O. The van der Waals surface area contributed by atoms with E-state index in [1.807, 2.05) is 7.05 Å². The van der Waals surface area contributed by atoms with Crippen molar-refractivity contribution >= 4 is 9.84 Å². The topological polar surface area (TPSA) is 49.4 Å². The Morgan fingerprint density at radius 1 is 1.22 bits per heavy atom. The fraction of sp³-hybridized carbons (Fsp3) is 1.00. The average molecular weight is 276 g/mol. The van der Waals surface area contributed by atoms with Gasteiger partial charge in [0.15, 0.2) is 0 Å². The van der Waals surface area contributed by atoms with E-state index in [0.29, 0.717) is 12.6 Å². The van der Waals surface area contributed by atoms with Crippen LogP contribution in [0.4, 0.5) is 0 Å². The Balaban J connectivity index is 2.13. The van der Waals surface area contributed by atoms with E-state index < -0.39 is 9.84 Å². The van der Waals surface area contributed by atoms with Crippen molar-refractivity contribution in [2.24, 2.45) is 5.92 Å². The minimum atomic E-state index is -2.84. The van der Waals surface area contributed by atoms with Gasteiger partial charge in [-0.1, -0.05) is 19.8 Å². The van der Waals surface area contributed by atoms with Crippen LogP contribution in [-0.2, 0) is 9.84 Å². The lowest BCUT2D eigenvalue weighted by Crippen LogP contribution is -2.41. The van der Waals surface area contributed by atoms with Crippen molar-refractivity contribution in [3.63, 3.8) is 0 Å². The molecule has 1 saturated carbocycles. The summed E-state index contributed by atoms with van der Waals surface area (Å²) >= 11 is 0. The van der Waals surface area contributed by atoms with Gasteiger partial charge in [0.1, 0.15) is 9.84 Å².